The Bertz CT molecular complexity index is 1280. The van der Waals surface area contributed by atoms with E-state index in [1.165, 1.54) is 30.3 Å². The average Bonchev–Trinajstić information content (AvgIpc) is 3.15. The number of nitrogens with zero attached hydrogens (tertiary/aromatic N) is 2. The van der Waals surface area contributed by atoms with E-state index < -0.39 is 16.9 Å². The van der Waals surface area contributed by atoms with Gasteiger partial charge in [0.25, 0.3) is 5.69 Å². The minimum Gasteiger partial charge on any atom is -0.422 e. The van der Waals surface area contributed by atoms with Gasteiger partial charge in [0, 0.05) is 28.3 Å². The van der Waals surface area contributed by atoms with E-state index in [-0.39, 0.29) is 23.0 Å². The van der Waals surface area contributed by atoms with Crippen LogP contribution in [0.1, 0.15) is 21.5 Å². The molecule has 1 aliphatic rings. The molecule has 8 nitrogen and oxygen atoms in total. The zero-order valence-electron chi connectivity index (χ0n) is 16.2. The molecule has 0 saturated carbocycles. The van der Waals surface area contributed by atoms with Gasteiger partial charge < -0.3 is 9.47 Å². The lowest BCUT2D eigenvalue weighted by molar-refractivity contribution is -0.384. The number of nitro groups is 1. The summed E-state index contributed by atoms with van der Waals surface area (Å²) in [5.41, 5.74) is 1.07. The minimum absolute atomic E-state index is 0.00616. The molecule has 1 heterocycles. The van der Waals surface area contributed by atoms with E-state index in [4.69, 9.17) is 21.1 Å². The minimum atomic E-state index is -0.697. The van der Waals surface area contributed by atoms with Gasteiger partial charge in [-0.25, -0.2) is 14.6 Å². The van der Waals surface area contributed by atoms with Gasteiger partial charge in [-0.3, -0.25) is 10.1 Å². The number of nitro benzene ring substituents is 1. The van der Waals surface area contributed by atoms with Gasteiger partial charge in [0.05, 0.1) is 10.5 Å². The van der Waals surface area contributed by atoms with Crippen LogP contribution in [0.3, 0.4) is 0 Å². The molecule has 158 valence electrons. The maximum absolute atomic E-state index is 12.4. The van der Waals surface area contributed by atoms with Crippen molar-refractivity contribution in [2.24, 2.45) is 4.99 Å². The summed E-state index contributed by atoms with van der Waals surface area (Å²) in [5, 5.41) is 11.3. The van der Waals surface area contributed by atoms with Crippen molar-refractivity contribution in [2.75, 3.05) is 0 Å². The van der Waals surface area contributed by atoms with Crippen LogP contribution in [0.25, 0.3) is 6.08 Å². The number of hydrogen-bond acceptors (Lipinski definition) is 7. The van der Waals surface area contributed by atoms with Crippen molar-refractivity contribution >= 4 is 41.2 Å². The lowest BCUT2D eigenvalue weighted by Gasteiger charge is -2.07. The first-order valence-corrected chi connectivity index (χ1v) is 9.63. The topological polar surface area (TPSA) is 108 Å². The fourth-order valence-corrected chi connectivity index (χ4v) is 2.97. The normalized spacial score (nSPS) is 14.1. The highest BCUT2D eigenvalue weighted by atomic mass is 35.5. The number of rotatable bonds is 5. The molecule has 0 N–H and O–H groups in total. The summed E-state index contributed by atoms with van der Waals surface area (Å²) in [6.07, 6.45) is 1.44. The predicted molar refractivity (Wildman–Crippen MR) is 117 cm³/mol. The Labute approximate surface area is 186 Å². The van der Waals surface area contributed by atoms with Crippen LogP contribution in [-0.4, -0.2) is 22.8 Å². The summed E-state index contributed by atoms with van der Waals surface area (Å²) >= 11 is 5.84. The molecule has 0 unspecified atom stereocenters. The molecule has 32 heavy (non-hydrogen) atoms. The number of carbonyl (C=O) groups is 2. The smallest absolute Gasteiger partial charge is 0.363 e. The Morgan fingerprint density at radius 2 is 1.72 bits per heavy atom. The Hall–Kier alpha value is -4.30. The lowest BCUT2D eigenvalue weighted by atomic mass is 10.1. The maximum Gasteiger partial charge on any atom is 0.363 e. The molecule has 3 aromatic rings. The average molecular weight is 449 g/mol. The van der Waals surface area contributed by atoms with Crippen molar-refractivity contribution in [3.63, 3.8) is 0 Å². The number of para-hydroxylation sites is 1. The van der Waals surface area contributed by atoms with Gasteiger partial charge in [-0.2, -0.15) is 0 Å². The standard InChI is InChI=1S/C23H13ClN2O6/c24-17-9-5-15(6-10-17)22(27)31-20-4-2-1-3-16(20)13-19-23(28)32-21(25-19)14-7-11-18(12-8-14)26(29)30/h1-13H/b19-13+. The first-order chi connectivity index (χ1) is 15.4. The molecule has 0 atom stereocenters. The molecule has 0 spiro atoms. The fraction of sp³-hybridized carbons (Fsp3) is 0. The Morgan fingerprint density at radius 3 is 2.41 bits per heavy atom. The van der Waals surface area contributed by atoms with Crippen LogP contribution >= 0.6 is 11.6 Å². The Balaban J connectivity index is 1.59. The Kier molecular flexibility index (Phi) is 5.78. The number of cyclic esters (lactones) is 1. The van der Waals surface area contributed by atoms with Crippen LogP contribution in [-0.2, 0) is 9.53 Å². The molecule has 4 rings (SSSR count). The number of hydrogen-bond donors (Lipinski definition) is 0. The highest BCUT2D eigenvalue weighted by Crippen LogP contribution is 2.26. The number of esters is 2. The van der Waals surface area contributed by atoms with Gasteiger partial charge in [0.2, 0.25) is 5.90 Å². The number of aliphatic imine (C=N–C) groups is 1. The number of non-ortho nitro benzene ring substituents is 1. The first-order valence-electron chi connectivity index (χ1n) is 9.25. The van der Waals surface area contributed by atoms with Crippen molar-refractivity contribution in [2.45, 2.75) is 0 Å². The van der Waals surface area contributed by atoms with E-state index in [2.05, 4.69) is 4.99 Å². The summed E-state index contributed by atoms with van der Waals surface area (Å²) in [7, 11) is 0. The van der Waals surface area contributed by atoms with Gasteiger partial charge in [0.1, 0.15) is 5.75 Å². The second kappa shape index (κ2) is 8.83. The molecule has 0 aliphatic carbocycles. The van der Waals surface area contributed by atoms with E-state index in [0.29, 0.717) is 21.7 Å². The molecule has 1 aliphatic heterocycles. The van der Waals surface area contributed by atoms with Crippen molar-refractivity contribution in [3.05, 3.63) is 110 Å². The fourth-order valence-electron chi connectivity index (χ4n) is 2.84. The van der Waals surface area contributed by atoms with Crippen LogP contribution in [0, 0.1) is 10.1 Å². The zero-order valence-corrected chi connectivity index (χ0v) is 17.0. The quantitative estimate of drug-likeness (QED) is 0.182. The molecular weight excluding hydrogens is 436 g/mol. The van der Waals surface area contributed by atoms with Crippen molar-refractivity contribution < 1.29 is 24.0 Å². The molecule has 0 amide bonds. The van der Waals surface area contributed by atoms with E-state index in [9.17, 15) is 19.7 Å². The van der Waals surface area contributed by atoms with Gasteiger partial charge in [-0.05, 0) is 48.5 Å². The third-order valence-corrected chi connectivity index (χ3v) is 4.69. The maximum atomic E-state index is 12.4. The predicted octanol–water partition coefficient (Wildman–Crippen LogP) is 4.81. The van der Waals surface area contributed by atoms with Crippen molar-refractivity contribution in [1.29, 1.82) is 0 Å². The van der Waals surface area contributed by atoms with Crippen LogP contribution < -0.4 is 4.74 Å². The van der Waals surface area contributed by atoms with E-state index in [0.717, 1.165) is 0 Å². The molecule has 0 radical (unpaired) electrons. The second-order valence-corrected chi connectivity index (χ2v) is 7.01. The number of carbonyl (C=O) groups excluding carboxylic acids is 2. The van der Waals surface area contributed by atoms with Crippen LogP contribution in [0.5, 0.6) is 5.75 Å². The van der Waals surface area contributed by atoms with Crippen molar-refractivity contribution in [3.8, 4) is 5.75 Å². The number of ether oxygens (including phenoxy) is 2. The highest BCUT2D eigenvalue weighted by Gasteiger charge is 2.25. The van der Waals surface area contributed by atoms with E-state index in [1.54, 1.807) is 48.5 Å². The Morgan fingerprint density at radius 1 is 1.03 bits per heavy atom. The van der Waals surface area contributed by atoms with E-state index >= 15 is 0 Å². The van der Waals surface area contributed by atoms with Gasteiger partial charge >= 0.3 is 11.9 Å². The summed E-state index contributed by atoms with van der Waals surface area (Å²) in [4.78, 5) is 39.2. The van der Waals surface area contributed by atoms with Crippen LogP contribution in [0.15, 0.2) is 83.5 Å². The van der Waals surface area contributed by atoms with Gasteiger partial charge in [0.15, 0.2) is 5.70 Å². The molecular formula is C23H13ClN2O6. The third kappa shape index (κ3) is 4.55. The van der Waals surface area contributed by atoms with Crippen LogP contribution in [0.2, 0.25) is 5.02 Å². The summed E-state index contributed by atoms with van der Waals surface area (Å²) in [6, 6.07) is 18.3. The number of benzene rings is 3. The zero-order chi connectivity index (χ0) is 22.7. The van der Waals surface area contributed by atoms with Crippen LogP contribution in [0.4, 0.5) is 5.69 Å². The molecule has 0 aromatic heterocycles. The molecule has 0 saturated heterocycles. The monoisotopic (exact) mass is 448 g/mol. The first kappa shape index (κ1) is 21.0. The molecule has 9 heteroatoms. The molecule has 0 bridgehead atoms. The number of halogens is 1. The van der Waals surface area contributed by atoms with Gasteiger partial charge in [-0.1, -0.05) is 29.8 Å². The largest absolute Gasteiger partial charge is 0.422 e. The molecule has 0 fully saturated rings. The third-order valence-electron chi connectivity index (χ3n) is 4.44. The van der Waals surface area contributed by atoms with E-state index in [1.807, 2.05) is 0 Å². The summed E-state index contributed by atoms with van der Waals surface area (Å²) in [6.45, 7) is 0. The summed E-state index contributed by atoms with van der Waals surface area (Å²) < 4.78 is 10.7. The SMILES string of the molecule is O=C1OC(c2ccc([N+](=O)[O-])cc2)=N/C1=C/c1ccccc1OC(=O)c1ccc(Cl)cc1. The molecule has 3 aromatic carbocycles. The van der Waals surface area contributed by atoms with Crippen molar-refractivity contribution in [1.82, 2.24) is 0 Å². The van der Waals surface area contributed by atoms with Gasteiger partial charge in [-0.15, -0.1) is 0 Å². The second-order valence-electron chi connectivity index (χ2n) is 6.57. The lowest BCUT2D eigenvalue weighted by Crippen LogP contribution is -2.09. The summed E-state index contributed by atoms with van der Waals surface area (Å²) in [5.74, 6) is -1.03. The highest BCUT2D eigenvalue weighted by molar-refractivity contribution is 6.30.